The summed E-state index contributed by atoms with van der Waals surface area (Å²) in [6.45, 7) is 1.34. The van der Waals surface area contributed by atoms with Gasteiger partial charge in [0.2, 0.25) is 0 Å². The van der Waals surface area contributed by atoms with Gasteiger partial charge >= 0.3 is 17.7 Å². The Morgan fingerprint density at radius 3 is 2.67 bits per heavy atom. The molecule has 98 valence electrons. The van der Waals surface area contributed by atoms with E-state index in [1.54, 1.807) is 0 Å². The van der Waals surface area contributed by atoms with Crippen LogP contribution in [0.2, 0.25) is 0 Å². The van der Waals surface area contributed by atoms with Gasteiger partial charge in [-0.3, -0.25) is 0 Å². The molecule has 0 bridgehead atoms. The zero-order valence-corrected chi connectivity index (χ0v) is 9.02. The Morgan fingerprint density at radius 1 is 1.61 bits per heavy atom. The van der Waals surface area contributed by atoms with Crippen molar-refractivity contribution in [2.45, 2.75) is 13.3 Å². The number of carbonyl (C=O) groups excluding carboxylic acids is 1. The van der Waals surface area contributed by atoms with E-state index in [9.17, 15) is 28.1 Å². The summed E-state index contributed by atoms with van der Waals surface area (Å²) in [5, 5.41) is 10.4. The molecule has 18 heavy (non-hydrogen) atoms. The molecule has 0 amide bonds. The molecule has 0 saturated heterocycles. The summed E-state index contributed by atoms with van der Waals surface area (Å²) < 4.78 is 42.7. The first-order valence-corrected chi connectivity index (χ1v) is 4.68. The third-order valence-corrected chi connectivity index (χ3v) is 1.89. The molecule has 0 aromatic carbocycles. The van der Waals surface area contributed by atoms with E-state index in [-0.39, 0.29) is 6.61 Å². The summed E-state index contributed by atoms with van der Waals surface area (Å²) >= 11 is 0. The van der Waals surface area contributed by atoms with Crippen molar-refractivity contribution in [3.8, 4) is 0 Å². The largest absolute Gasteiger partial charge is 0.462 e. The first-order chi connectivity index (χ1) is 8.38. The molecule has 0 spiro atoms. The first-order valence-electron chi connectivity index (χ1n) is 4.68. The van der Waals surface area contributed by atoms with E-state index < -0.39 is 40.2 Å². The lowest BCUT2D eigenvalue weighted by Gasteiger charge is -2.04. The van der Waals surface area contributed by atoms with Gasteiger partial charge in [-0.25, -0.2) is 13.6 Å². The number of halogens is 3. The number of nitro groups is 1. The van der Waals surface area contributed by atoms with E-state index in [1.807, 2.05) is 0 Å². The number of esters is 1. The van der Waals surface area contributed by atoms with Crippen molar-refractivity contribution >= 4 is 11.8 Å². The topological polar surface area (TPSA) is 82.3 Å². The smallest absolute Gasteiger partial charge is 0.375 e. The van der Waals surface area contributed by atoms with E-state index in [4.69, 9.17) is 0 Å². The van der Waals surface area contributed by atoms with E-state index in [1.165, 1.54) is 6.92 Å². The minimum atomic E-state index is -3.26. The van der Waals surface area contributed by atoms with E-state index in [0.717, 1.165) is 0 Å². The molecule has 0 aliphatic carbocycles. The number of hydrogen-bond acceptors (Lipinski definition) is 5. The Kier molecular flexibility index (Phi) is 4.18. The predicted molar refractivity (Wildman–Crippen MR) is 51.8 cm³/mol. The van der Waals surface area contributed by atoms with Crippen molar-refractivity contribution in [2.24, 2.45) is 0 Å². The van der Waals surface area contributed by atoms with Crippen LogP contribution in [0.5, 0.6) is 0 Å². The van der Waals surface area contributed by atoms with Gasteiger partial charge in [0.1, 0.15) is 11.1 Å². The Morgan fingerprint density at radius 2 is 2.22 bits per heavy atom. The molecular weight excluding hydrogens is 257 g/mol. The molecule has 1 aromatic rings. The van der Waals surface area contributed by atoms with Crippen LogP contribution in [-0.4, -0.2) is 22.5 Å². The molecule has 0 radical (unpaired) electrons. The standard InChI is InChI=1S/C9H7F3N2O4/c1-2-18-9(15)5-3-4(6(10)11)8(14(16)17)13-7(5)12/h3,6H,2H2,1H3. The summed E-state index contributed by atoms with van der Waals surface area (Å²) in [6, 6.07) is 0.378. The average Bonchev–Trinajstić information content (AvgIpc) is 2.28. The van der Waals surface area contributed by atoms with E-state index in [2.05, 4.69) is 9.72 Å². The Bertz CT molecular complexity index is 493. The zero-order valence-electron chi connectivity index (χ0n) is 9.02. The second-order valence-electron chi connectivity index (χ2n) is 3.02. The van der Waals surface area contributed by atoms with E-state index in [0.29, 0.717) is 6.07 Å². The summed E-state index contributed by atoms with van der Waals surface area (Å²) in [4.78, 5) is 23.1. The molecule has 0 unspecified atom stereocenters. The molecule has 0 atom stereocenters. The Balaban J connectivity index is 3.36. The Hall–Kier alpha value is -2.19. The highest BCUT2D eigenvalue weighted by Gasteiger charge is 2.30. The molecule has 0 N–H and O–H groups in total. The lowest BCUT2D eigenvalue weighted by molar-refractivity contribution is -0.391. The second kappa shape index (κ2) is 5.43. The molecule has 9 heteroatoms. The van der Waals surface area contributed by atoms with Crippen LogP contribution in [0.25, 0.3) is 0 Å². The quantitative estimate of drug-likeness (QED) is 0.360. The monoisotopic (exact) mass is 264 g/mol. The van der Waals surface area contributed by atoms with Gasteiger partial charge in [-0.1, -0.05) is 0 Å². The summed E-state index contributed by atoms with van der Waals surface area (Å²) in [6.07, 6.45) is -3.26. The molecule has 0 aliphatic heterocycles. The number of ether oxygens (including phenoxy) is 1. The average molecular weight is 264 g/mol. The number of alkyl halides is 2. The fourth-order valence-corrected chi connectivity index (χ4v) is 1.16. The third kappa shape index (κ3) is 2.73. The number of hydrogen-bond donors (Lipinski definition) is 0. The van der Waals surface area contributed by atoms with Crippen molar-refractivity contribution in [2.75, 3.05) is 6.61 Å². The van der Waals surface area contributed by atoms with Crippen LogP contribution in [0.4, 0.5) is 19.0 Å². The lowest BCUT2D eigenvalue weighted by atomic mass is 10.2. The minimum absolute atomic E-state index is 0.0979. The van der Waals surface area contributed by atoms with Crippen LogP contribution in [0.15, 0.2) is 6.07 Å². The molecule has 1 rings (SSSR count). The highest BCUT2D eigenvalue weighted by Crippen LogP contribution is 2.29. The van der Waals surface area contributed by atoms with Crippen molar-refractivity contribution in [3.63, 3.8) is 0 Å². The predicted octanol–water partition coefficient (Wildman–Crippen LogP) is 2.24. The molecule has 0 saturated carbocycles. The van der Waals surface area contributed by atoms with Crippen LogP contribution >= 0.6 is 0 Å². The Labute approximate surface area is 98.5 Å². The van der Waals surface area contributed by atoms with Gasteiger partial charge in [0, 0.05) is 0 Å². The number of pyridine rings is 1. The van der Waals surface area contributed by atoms with Crippen molar-refractivity contribution < 1.29 is 27.6 Å². The molecular formula is C9H7F3N2O4. The molecule has 1 heterocycles. The number of carbonyl (C=O) groups is 1. The van der Waals surface area contributed by atoms with Gasteiger partial charge < -0.3 is 14.9 Å². The second-order valence-corrected chi connectivity index (χ2v) is 3.02. The third-order valence-electron chi connectivity index (χ3n) is 1.89. The van der Waals surface area contributed by atoms with Crippen molar-refractivity contribution in [1.82, 2.24) is 4.98 Å². The van der Waals surface area contributed by atoms with Gasteiger partial charge in [-0.2, -0.15) is 4.39 Å². The maximum absolute atomic E-state index is 13.3. The minimum Gasteiger partial charge on any atom is -0.462 e. The highest BCUT2D eigenvalue weighted by molar-refractivity contribution is 5.89. The van der Waals surface area contributed by atoms with Gasteiger partial charge in [0.25, 0.3) is 6.43 Å². The van der Waals surface area contributed by atoms with Gasteiger partial charge in [0.15, 0.2) is 0 Å². The number of aromatic nitrogens is 1. The van der Waals surface area contributed by atoms with Crippen molar-refractivity contribution in [3.05, 3.63) is 33.3 Å². The van der Waals surface area contributed by atoms with Crippen LogP contribution in [-0.2, 0) is 4.74 Å². The first kappa shape index (κ1) is 13.9. The summed E-state index contributed by atoms with van der Waals surface area (Å²) in [7, 11) is 0. The summed E-state index contributed by atoms with van der Waals surface area (Å²) in [5.74, 6) is -4.06. The van der Waals surface area contributed by atoms with E-state index >= 15 is 0 Å². The maximum atomic E-state index is 13.3. The van der Waals surface area contributed by atoms with Gasteiger partial charge in [0.05, 0.1) is 6.61 Å². The molecule has 1 aromatic heterocycles. The number of rotatable bonds is 4. The number of nitrogens with zero attached hydrogens (tertiary/aromatic N) is 2. The van der Waals surface area contributed by atoms with Gasteiger partial charge in [-0.05, 0) is 22.9 Å². The van der Waals surface area contributed by atoms with Crippen molar-refractivity contribution in [1.29, 1.82) is 0 Å². The fraction of sp³-hybridized carbons (Fsp3) is 0.333. The van der Waals surface area contributed by atoms with Crippen LogP contribution < -0.4 is 0 Å². The lowest BCUT2D eigenvalue weighted by Crippen LogP contribution is -2.11. The van der Waals surface area contributed by atoms with Crippen LogP contribution in [0, 0.1) is 16.1 Å². The normalized spacial score (nSPS) is 10.5. The van der Waals surface area contributed by atoms with Gasteiger partial charge in [-0.15, -0.1) is 0 Å². The SMILES string of the molecule is CCOC(=O)c1cc(C(F)F)c([N+](=O)[O-])nc1F. The molecule has 0 aliphatic rings. The molecule has 0 fully saturated rings. The van der Waals surface area contributed by atoms with Crippen LogP contribution in [0.1, 0.15) is 29.3 Å². The highest BCUT2D eigenvalue weighted by atomic mass is 19.3. The molecule has 6 nitrogen and oxygen atoms in total. The maximum Gasteiger partial charge on any atom is 0.375 e. The summed E-state index contributed by atoms with van der Waals surface area (Å²) in [5.41, 5.74) is -2.00. The zero-order chi connectivity index (χ0) is 13.9. The fourth-order valence-electron chi connectivity index (χ4n) is 1.16. The van der Waals surface area contributed by atoms with Crippen LogP contribution in [0.3, 0.4) is 0 Å².